The first-order chi connectivity index (χ1) is 14.4. The zero-order valence-electron chi connectivity index (χ0n) is 16.5. The number of ether oxygens (including phenoxy) is 1. The number of carbonyl (C=O) groups excluding carboxylic acids is 1. The van der Waals surface area contributed by atoms with Crippen LogP contribution in [0.15, 0.2) is 34.8 Å². The van der Waals surface area contributed by atoms with E-state index >= 15 is 0 Å². The highest BCUT2D eigenvalue weighted by Gasteiger charge is 2.20. The summed E-state index contributed by atoms with van der Waals surface area (Å²) in [6.45, 7) is 1.57. The molecule has 3 aromatic rings. The number of fused-ring (bicyclic) bond motifs is 1. The minimum atomic E-state index is -0.325. The molecule has 1 aliphatic rings. The molecular weight excluding hydrogens is 468 g/mol. The number of benzene rings is 1. The van der Waals surface area contributed by atoms with Gasteiger partial charge in [0.15, 0.2) is 5.13 Å². The van der Waals surface area contributed by atoms with Gasteiger partial charge in [-0.1, -0.05) is 27.3 Å². The molecule has 9 heteroatoms. The fourth-order valence-corrected chi connectivity index (χ4v) is 4.91. The lowest BCUT2D eigenvalue weighted by Gasteiger charge is -2.26. The van der Waals surface area contributed by atoms with E-state index in [2.05, 4.69) is 36.5 Å². The topological polar surface area (TPSA) is 96.4 Å². The number of hydrogen-bond donors (Lipinski definition) is 3. The smallest absolute Gasteiger partial charge is 0.302 e. The fraction of sp³-hybridized carbons (Fsp3) is 0.381. The monoisotopic (exact) mass is 490 g/mol. The summed E-state index contributed by atoms with van der Waals surface area (Å²) in [7, 11) is 0. The van der Waals surface area contributed by atoms with Crippen LogP contribution in [0.25, 0.3) is 10.2 Å². The number of pyridine rings is 1. The van der Waals surface area contributed by atoms with E-state index in [1.807, 2.05) is 30.3 Å². The molecule has 1 fully saturated rings. The predicted molar refractivity (Wildman–Crippen MR) is 122 cm³/mol. The van der Waals surface area contributed by atoms with Gasteiger partial charge in [-0.3, -0.25) is 4.79 Å². The van der Waals surface area contributed by atoms with Gasteiger partial charge in [0.2, 0.25) is 0 Å². The Balaban J connectivity index is 1.56. The molecule has 4 rings (SSSR count). The molecule has 1 saturated carbocycles. The first-order valence-corrected chi connectivity index (χ1v) is 11.5. The van der Waals surface area contributed by atoms with E-state index in [-0.39, 0.29) is 24.7 Å². The predicted octanol–water partition coefficient (Wildman–Crippen LogP) is 4.98. The molecule has 0 amide bonds. The summed E-state index contributed by atoms with van der Waals surface area (Å²) in [4.78, 5) is 20.6. The van der Waals surface area contributed by atoms with Crippen LogP contribution in [0.3, 0.4) is 0 Å². The second-order valence-electron chi connectivity index (χ2n) is 7.43. The molecule has 0 unspecified atom stereocenters. The number of esters is 1. The molecular formula is C21H23BrN4O3S. The van der Waals surface area contributed by atoms with Gasteiger partial charge in [-0.05, 0) is 61.6 Å². The van der Waals surface area contributed by atoms with Gasteiger partial charge in [0.1, 0.15) is 18.2 Å². The lowest BCUT2D eigenvalue weighted by molar-refractivity contribution is -0.142. The highest BCUT2D eigenvalue weighted by molar-refractivity contribution is 9.10. The quantitative estimate of drug-likeness (QED) is 0.419. The molecule has 3 N–H and O–H groups in total. The van der Waals surface area contributed by atoms with Gasteiger partial charge < -0.3 is 20.5 Å². The van der Waals surface area contributed by atoms with Crippen molar-refractivity contribution in [1.29, 1.82) is 0 Å². The summed E-state index contributed by atoms with van der Waals surface area (Å²) in [5, 5.41) is 17.2. The number of anilines is 3. The normalized spacial score (nSPS) is 18.9. The summed E-state index contributed by atoms with van der Waals surface area (Å²) < 4.78 is 7.26. The Kier molecular flexibility index (Phi) is 6.50. The van der Waals surface area contributed by atoms with Crippen molar-refractivity contribution in [1.82, 2.24) is 9.97 Å². The number of rotatable bonds is 6. The molecule has 2 heterocycles. The molecule has 0 bridgehead atoms. The molecule has 158 valence electrons. The number of thiazole rings is 1. The first-order valence-electron chi connectivity index (χ1n) is 9.86. The van der Waals surface area contributed by atoms with Crippen LogP contribution in [0, 0.1) is 0 Å². The van der Waals surface area contributed by atoms with Crippen molar-refractivity contribution in [2.24, 2.45) is 0 Å². The molecule has 0 aliphatic heterocycles. The van der Waals surface area contributed by atoms with E-state index in [1.54, 1.807) is 11.3 Å². The number of nitrogens with zero attached hydrogens (tertiary/aromatic N) is 2. The summed E-state index contributed by atoms with van der Waals surface area (Å²) in [5.41, 5.74) is 1.76. The second-order valence-corrected chi connectivity index (χ2v) is 9.38. The zero-order chi connectivity index (χ0) is 21.1. The van der Waals surface area contributed by atoms with Crippen molar-refractivity contribution in [3.8, 4) is 0 Å². The van der Waals surface area contributed by atoms with Crippen molar-refractivity contribution >= 4 is 60.2 Å². The maximum atomic E-state index is 11.2. The SMILES string of the molecule is CC(=O)OCc1cc(Nc2nc3ccc(Br)cc3s2)nc(N[C@H]2CC[C@H](O)CC2)c1. The Hall–Kier alpha value is -2.23. The van der Waals surface area contributed by atoms with E-state index in [1.165, 1.54) is 6.92 Å². The number of carbonyl (C=O) groups is 1. The van der Waals surface area contributed by atoms with Crippen LogP contribution in [0.2, 0.25) is 0 Å². The second kappa shape index (κ2) is 9.28. The average molecular weight is 491 g/mol. The van der Waals surface area contributed by atoms with Crippen molar-refractivity contribution in [2.45, 2.75) is 51.4 Å². The minimum absolute atomic E-state index is 0.178. The molecule has 30 heavy (non-hydrogen) atoms. The lowest BCUT2D eigenvalue weighted by Crippen LogP contribution is -2.28. The van der Waals surface area contributed by atoms with Gasteiger partial charge in [0.25, 0.3) is 0 Å². The number of aliphatic hydroxyl groups excluding tert-OH is 1. The van der Waals surface area contributed by atoms with Gasteiger partial charge >= 0.3 is 5.97 Å². The van der Waals surface area contributed by atoms with Crippen LogP contribution >= 0.6 is 27.3 Å². The van der Waals surface area contributed by atoms with E-state index in [4.69, 9.17) is 4.74 Å². The highest BCUT2D eigenvalue weighted by Crippen LogP contribution is 2.31. The molecule has 1 aliphatic carbocycles. The van der Waals surface area contributed by atoms with E-state index in [0.29, 0.717) is 11.6 Å². The van der Waals surface area contributed by atoms with Crippen LogP contribution < -0.4 is 10.6 Å². The third-order valence-electron chi connectivity index (χ3n) is 4.96. The molecule has 0 saturated heterocycles. The molecule has 1 aromatic carbocycles. The molecule has 0 atom stereocenters. The van der Waals surface area contributed by atoms with Crippen LogP contribution in [-0.2, 0) is 16.1 Å². The van der Waals surface area contributed by atoms with E-state index < -0.39 is 0 Å². The minimum Gasteiger partial charge on any atom is -0.461 e. The largest absolute Gasteiger partial charge is 0.461 e. The van der Waals surface area contributed by atoms with Crippen LogP contribution in [0.4, 0.5) is 16.8 Å². The van der Waals surface area contributed by atoms with Crippen molar-refractivity contribution < 1.29 is 14.6 Å². The molecule has 2 aromatic heterocycles. The lowest BCUT2D eigenvalue weighted by atomic mass is 9.93. The maximum absolute atomic E-state index is 11.2. The molecule has 0 spiro atoms. The summed E-state index contributed by atoms with van der Waals surface area (Å²) >= 11 is 5.03. The Morgan fingerprint density at radius 2 is 1.97 bits per heavy atom. The highest BCUT2D eigenvalue weighted by atomic mass is 79.9. The summed E-state index contributed by atoms with van der Waals surface area (Å²) in [6, 6.07) is 9.99. The Labute approximate surface area is 187 Å². The molecule has 0 radical (unpaired) electrons. The zero-order valence-corrected chi connectivity index (χ0v) is 18.9. The Morgan fingerprint density at radius 3 is 2.73 bits per heavy atom. The van der Waals surface area contributed by atoms with Crippen molar-refractivity contribution in [3.05, 3.63) is 40.4 Å². The fourth-order valence-electron chi connectivity index (χ4n) is 3.48. The standard InChI is InChI=1S/C21H23BrN4O3S/c1-12(27)29-11-13-8-19(23-15-3-5-16(28)6-4-15)25-20(9-13)26-21-24-17-7-2-14(22)10-18(17)30-21/h2,7-10,15-16,28H,3-6,11H2,1H3,(H2,23,24,25,26)/t15-,16-. The van der Waals surface area contributed by atoms with E-state index in [9.17, 15) is 9.90 Å². The Morgan fingerprint density at radius 1 is 1.20 bits per heavy atom. The van der Waals surface area contributed by atoms with Crippen LogP contribution in [-0.4, -0.2) is 33.2 Å². The third-order valence-corrected chi connectivity index (χ3v) is 6.39. The molecule has 7 nitrogen and oxygen atoms in total. The average Bonchev–Trinajstić information content (AvgIpc) is 3.09. The van der Waals surface area contributed by atoms with Crippen LogP contribution in [0.1, 0.15) is 38.2 Å². The first kappa shape index (κ1) is 21.0. The van der Waals surface area contributed by atoms with Crippen molar-refractivity contribution in [3.63, 3.8) is 0 Å². The third kappa shape index (κ3) is 5.47. The summed E-state index contributed by atoms with van der Waals surface area (Å²) in [6.07, 6.45) is 3.16. The van der Waals surface area contributed by atoms with Gasteiger partial charge in [0, 0.05) is 17.4 Å². The van der Waals surface area contributed by atoms with Crippen LogP contribution in [0.5, 0.6) is 0 Å². The number of aromatic nitrogens is 2. The van der Waals surface area contributed by atoms with Crippen molar-refractivity contribution in [2.75, 3.05) is 10.6 Å². The number of halogens is 1. The maximum Gasteiger partial charge on any atom is 0.302 e. The number of aliphatic hydroxyl groups is 1. The van der Waals surface area contributed by atoms with E-state index in [0.717, 1.165) is 51.1 Å². The Bertz CT molecular complexity index is 1050. The van der Waals surface area contributed by atoms with Gasteiger partial charge in [-0.25, -0.2) is 9.97 Å². The number of nitrogens with one attached hydrogen (secondary N) is 2. The van der Waals surface area contributed by atoms with Gasteiger partial charge in [0.05, 0.1) is 16.3 Å². The van der Waals surface area contributed by atoms with Gasteiger partial charge in [-0.2, -0.15) is 0 Å². The number of hydrogen-bond acceptors (Lipinski definition) is 8. The van der Waals surface area contributed by atoms with Gasteiger partial charge in [-0.15, -0.1) is 0 Å². The summed E-state index contributed by atoms with van der Waals surface area (Å²) in [5.74, 6) is 1.03.